The van der Waals surface area contributed by atoms with Gasteiger partial charge in [0.1, 0.15) is 29.6 Å². The van der Waals surface area contributed by atoms with E-state index in [1.807, 2.05) is 6.07 Å². The van der Waals surface area contributed by atoms with Gasteiger partial charge < -0.3 is 19.9 Å². The largest absolute Gasteiger partial charge is 0.610 e. The van der Waals surface area contributed by atoms with Crippen molar-refractivity contribution in [1.29, 1.82) is 0 Å². The van der Waals surface area contributed by atoms with Gasteiger partial charge in [0, 0.05) is 18.5 Å². The molecule has 9 nitrogen and oxygen atoms in total. The topological polar surface area (TPSA) is 116 Å². The number of rotatable bonds is 6. The molecule has 11 heteroatoms. The fourth-order valence-corrected chi connectivity index (χ4v) is 4.80. The predicted octanol–water partition coefficient (Wildman–Crippen LogP) is 2.41. The van der Waals surface area contributed by atoms with Crippen LogP contribution in [0.1, 0.15) is 30.9 Å². The van der Waals surface area contributed by atoms with E-state index < -0.39 is 22.4 Å². The van der Waals surface area contributed by atoms with Gasteiger partial charge in [-0.2, -0.15) is 5.10 Å². The maximum Gasteiger partial charge on any atom is 0.197 e. The van der Waals surface area contributed by atoms with Gasteiger partial charge in [0.25, 0.3) is 0 Å². The summed E-state index contributed by atoms with van der Waals surface area (Å²) in [6, 6.07) is 4.39. The summed E-state index contributed by atoms with van der Waals surface area (Å²) in [4.78, 5) is 9.03. The molecule has 170 valence electrons. The van der Waals surface area contributed by atoms with E-state index in [9.17, 15) is 13.2 Å². The summed E-state index contributed by atoms with van der Waals surface area (Å²) >= 11 is 0. The van der Waals surface area contributed by atoms with Crippen molar-refractivity contribution < 1.29 is 17.9 Å². The maximum atomic E-state index is 14.4. The van der Waals surface area contributed by atoms with Crippen molar-refractivity contribution in [3.05, 3.63) is 30.1 Å². The van der Waals surface area contributed by atoms with Crippen LogP contribution in [0.25, 0.3) is 17.0 Å². The van der Waals surface area contributed by atoms with Crippen LogP contribution >= 0.6 is 0 Å². The average molecular weight is 461 g/mol. The number of pyridine rings is 1. The second-order valence-electron chi connectivity index (χ2n) is 8.36. The van der Waals surface area contributed by atoms with Crippen LogP contribution in [-0.2, 0) is 14.4 Å². The van der Waals surface area contributed by atoms with E-state index in [4.69, 9.17) is 9.84 Å². The summed E-state index contributed by atoms with van der Waals surface area (Å²) in [5.74, 6) is 1.20. The lowest BCUT2D eigenvalue weighted by Gasteiger charge is -2.28. The van der Waals surface area contributed by atoms with E-state index in [1.165, 1.54) is 6.07 Å². The molecular formula is C21H25FN6O3S. The smallest absolute Gasteiger partial charge is 0.197 e. The highest BCUT2D eigenvalue weighted by atomic mass is 32.3. The number of methoxy groups -OCH3 is 1. The maximum absolute atomic E-state index is 14.4. The van der Waals surface area contributed by atoms with E-state index in [1.54, 1.807) is 23.9 Å². The number of anilines is 1. The standard InChI is InChI=1S/C21H25FN6O3S/c1-31-17-9-19-24-11-16(28(19)27-20(17)12-3-4-12)14-5-6-18(32(2,29)30)21(25-14)26-15-10-23-8-7-13(15)22/h5-6,9,11-13,15,23H,3-4,7-8,10H2,1-2H3,(H-,25,26,29,30)/t13-,15-/m1/s1. The Bertz CT molecular complexity index is 1210. The molecule has 3 aromatic heterocycles. The second-order valence-corrected chi connectivity index (χ2v) is 10.3. The molecule has 0 spiro atoms. The van der Waals surface area contributed by atoms with Crippen LogP contribution in [-0.4, -0.2) is 62.8 Å². The van der Waals surface area contributed by atoms with Crippen molar-refractivity contribution in [1.82, 2.24) is 24.9 Å². The first-order valence-corrected chi connectivity index (χ1v) is 12.5. The van der Waals surface area contributed by atoms with Crippen LogP contribution in [0, 0.1) is 0 Å². The zero-order chi connectivity index (χ0) is 22.5. The lowest BCUT2D eigenvalue weighted by Crippen LogP contribution is -2.46. The van der Waals surface area contributed by atoms with Crippen molar-refractivity contribution in [2.75, 3.05) is 31.8 Å². The number of halogens is 1. The molecule has 1 unspecified atom stereocenters. The summed E-state index contributed by atoms with van der Waals surface area (Å²) in [5, 5.41) is 10.9. The van der Waals surface area contributed by atoms with Crippen molar-refractivity contribution in [3.8, 4) is 17.1 Å². The number of hydrogen-bond donors (Lipinski definition) is 2. The van der Waals surface area contributed by atoms with Crippen LogP contribution in [0.4, 0.5) is 10.2 Å². The molecule has 2 N–H and O–H groups in total. The molecule has 0 bridgehead atoms. The molecule has 4 heterocycles. The number of nitrogens with zero attached hydrogens (tertiary/aromatic N) is 4. The lowest BCUT2D eigenvalue weighted by molar-refractivity contribution is 0.240. The Labute approximate surface area is 186 Å². The lowest BCUT2D eigenvalue weighted by atomic mass is 10.1. The van der Waals surface area contributed by atoms with E-state index >= 15 is 0 Å². The molecule has 32 heavy (non-hydrogen) atoms. The molecule has 2 fully saturated rings. The van der Waals surface area contributed by atoms with Crippen molar-refractivity contribution in [2.24, 2.45) is 0 Å². The third kappa shape index (κ3) is 3.96. The van der Waals surface area contributed by atoms with Crippen LogP contribution < -0.4 is 15.4 Å². The van der Waals surface area contributed by atoms with Gasteiger partial charge in [0.05, 0.1) is 35.3 Å². The fourth-order valence-electron chi connectivity index (χ4n) is 4.02. The van der Waals surface area contributed by atoms with Crippen LogP contribution in [0.2, 0.25) is 0 Å². The summed E-state index contributed by atoms with van der Waals surface area (Å²) in [6.07, 6.45) is 4.15. The minimum absolute atomic E-state index is 0.0288. The number of imidazole rings is 1. The monoisotopic (exact) mass is 460 g/mol. The molecule has 1 aliphatic heterocycles. The second kappa shape index (κ2) is 8.05. The van der Waals surface area contributed by atoms with Gasteiger partial charge in [-0.05, 0) is 37.9 Å². The van der Waals surface area contributed by atoms with Crippen molar-refractivity contribution >= 4 is 21.7 Å². The van der Waals surface area contributed by atoms with Gasteiger partial charge in [0.2, 0.25) is 0 Å². The van der Waals surface area contributed by atoms with E-state index in [-0.39, 0.29) is 10.7 Å². The number of fused-ring (bicyclic) bond motifs is 1. The summed E-state index contributed by atoms with van der Waals surface area (Å²) in [7, 11) is -1.95. The molecule has 5 rings (SSSR count). The zero-order valence-electron chi connectivity index (χ0n) is 17.9. The van der Waals surface area contributed by atoms with Crippen LogP contribution in [0.15, 0.2) is 29.3 Å². The molecule has 3 atom stereocenters. The molecule has 0 amide bonds. The number of alkyl halides is 1. The highest BCUT2D eigenvalue weighted by molar-refractivity contribution is 7.97. The first-order valence-electron chi connectivity index (χ1n) is 10.6. The van der Waals surface area contributed by atoms with Crippen molar-refractivity contribution in [2.45, 2.75) is 42.3 Å². The Morgan fingerprint density at radius 2 is 2.16 bits per heavy atom. The molecular weight excluding hydrogens is 435 g/mol. The van der Waals surface area contributed by atoms with Crippen molar-refractivity contribution in [3.63, 3.8) is 0 Å². The van der Waals surface area contributed by atoms with Gasteiger partial charge in [-0.15, -0.1) is 4.21 Å². The Balaban J connectivity index is 1.58. The summed E-state index contributed by atoms with van der Waals surface area (Å²) in [6.45, 7) is 0.976. The highest BCUT2D eigenvalue weighted by Gasteiger charge is 2.31. The first-order chi connectivity index (χ1) is 15.3. The number of piperidine rings is 1. The normalized spacial score (nSPS) is 23.1. The number of sulfone groups is 1. The SMILES string of the molecule is COc1cc2ncc(-c3ccc([S+](C)(=O)[O-])c(N[C@@H]4CNCC[C@H]4F)n3)n2nc1C1CC1. The predicted molar refractivity (Wildman–Crippen MR) is 118 cm³/mol. The molecule has 1 aliphatic carbocycles. The Hall–Kier alpha value is -2.63. The Morgan fingerprint density at radius 1 is 1.34 bits per heavy atom. The fraction of sp³-hybridized carbons (Fsp3) is 0.476. The van der Waals surface area contributed by atoms with Gasteiger partial charge >= 0.3 is 0 Å². The number of nitrogens with one attached hydrogen (secondary N) is 2. The molecule has 1 saturated carbocycles. The Morgan fingerprint density at radius 3 is 2.84 bits per heavy atom. The van der Waals surface area contributed by atoms with Crippen LogP contribution in [0.3, 0.4) is 0 Å². The molecule has 3 aromatic rings. The molecule has 0 aromatic carbocycles. The number of hydrogen-bond acceptors (Lipinski definition) is 8. The van der Waals surface area contributed by atoms with Gasteiger partial charge in [-0.1, -0.05) is 0 Å². The van der Waals surface area contributed by atoms with Gasteiger partial charge in [0.15, 0.2) is 16.4 Å². The minimum Gasteiger partial charge on any atom is -0.610 e. The molecule has 0 radical (unpaired) electrons. The molecule has 1 saturated heterocycles. The Kier molecular flexibility index (Phi) is 5.34. The molecule has 2 aliphatic rings. The van der Waals surface area contributed by atoms with E-state index in [0.717, 1.165) is 24.8 Å². The average Bonchev–Trinajstić information content (AvgIpc) is 3.53. The van der Waals surface area contributed by atoms with Gasteiger partial charge in [-0.25, -0.2) is 18.9 Å². The number of ether oxygens (including phenoxy) is 1. The quantitative estimate of drug-likeness (QED) is 0.539. The summed E-state index contributed by atoms with van der Waals surface area (Å²) < 4.78 is 46.3. The minimum atomic E-state index is -3.57. The highest BCUT2D eigenvalue weighted by Crippen LogP contribution is 2.43. The van der Waals surface area contributed by atoms with Crippen LogP contribution in [0.5, 0.6) is 5.75 Å². The number of aromatic nitrogens is 4. The summed E-state index contributed by atoms with van der Waals surface area (Å²) in [5.41, 5.74) is 2.58. The third-order valence-electron chi connectivity index (χ3n) is 5.91. The van der Waals surface area contributed by atoms with Gasteiger partial charge in [-0.3, -0.25) is 0 Å². The zero-order valence-corrected chi connectivity index (χ0v) is 18.7. The first kappa shape index (κ1) is 21.2. The third-order valence-corrected chi connectivity index (χ3v) is 7.04. The van der Waals surface area contributed by atoms with E-state index in [2.05, 4.69) is 20.6 Å². The van der Waals surface area contributed by atoms with E-state index in [0.29, 0.717) is 48.2 Å².